The summed E-state index contributed by atoms with van der Waals surface area (Å²) in [6.07, 6.45) is 0. The van der Waals surface area contributed by atoms with Crippen LogP contribution in [0.15, 0.2) is 36.4 Å². The molecular weight excluding hydrogens is 232 g/mol. The van der Waals surface area contributed by atoms with Crippen molar-refractivity contribution in [1.82, 2.24) is 9.88 Å². The number of hydrogen-bond acceptors (Lipinski definition) is 1. The van der Waals surface area contributed by atoms with E-state index in [1.165, 1.54) is 17.0 Å². The highest BCUT2D eigenvalue weighted by molar-refractivity contribution is 6.30. The molecule has 1 atom stereocenters. The molecule has 1 unspecified atom stereocenters. The molecule has 0 saturated heterocycles. The highest BCUT2D eigenvalue weighted by Gasteiger charge is 2.18. The van der Waals surface area contributed by atoms with Gasteiger partial charge in [0.1, 0.15) is 0 Å². The van der Waals surface area contributed by atoms with Crippen LogP contribution in [0.1, 0.15) is 18.7 Å². The molecule has 17 heavy (non-hydrogen) atoms. The summed E-state index contributed by atoms with van der Waals surface area (Å²) in [6.45, 7) is 4.27. The van der Waals surface area contributed by atoms with Crippen LogP contribution >= 0.6 is 11.6 Å². The third-order valence-corrected chi connectivity index (χ3v) is 3.64. The molecule has 2 nitrogen and oxygen atoms in total. The fraction of sp³-hybridized carbons (Fsp3) is 0.286. The van der Waals surface area contributed by atoms with Gasteiger partial charge in [0.15, 0.2) is 0 Å². The second kappa shape index (κ2) is 4.21. The van der Waals surface area contributed by atoms with Crippen molar-refractivity contribution >= 4 is 11.6 Å². The van der Waals surface area contributed by atoms with E-state index in [-0.39, 0.29) is 0 Å². The van der Waals surface area contributed by atoms with E-state index in [0.717, 1.165) is 18.1 Å². The van der Waals surface area contributed by atoms with Crippen molar-refractivity contribution in [1.29, 1.82) is 0 Å². The lowest BCUT2D eigenvalue weighted by Crippen LogP contribution is -2.31. The maximum atomic E-state index is 5.92. The van der Waals surface area contributed by atoms with E-state index in [1.54, 1.807) is 0 Å². The maximum absolute atomic E-state index is 5.92. The minimum atomic E-state index is 0.435. The zero-order valence-electron chi connectivity index (χ0n) is 9.78. The Hall–Kier alpha value is -1.25. The lowest BCUT2D eigenvalue weighted by atomic mass is 10.1. The van der Waals surface area contributed by atoms with Crippen LogP contribution in [0.4, 0.5) is 0 Å². The Balaban J connectivity index is 2.07. The second-order valence-electron chi connectivity index (χ2n) is 4.48. The summed E-state index contributed by atoms with van der Waals surface area (Å²) in [5.41, 5.74) is 3.88. The number of fused-ring (bicyclic) bond motifs is 1. The zero-order valence-corrected chi connectivity index (χ0v) is 10.5. The van der Waals surface area contributed by atoms with Gasteiger partial charge in [0.25, 0.3) is 0 Å². The van der Waals surface area contributed by atoms with Crippen molar-refractivity contribution in [2.45, 2.75) is 19.5 Å². The Labute approximate surface area is 106 Å². The first-order valence-electron chi connectivity index (χ1n) is 5.94. The van der Waals surface area contributed by atoms with Crippen LogP contribution in [0, 0.1) is 0 Å². The zero-order chi connectivity index (χ0) is 11.8. The van der Waals surface area contributed by atoms with Crippen LogP contribution < -0.4 is 5.32 Å². The molecule has 1 aromatic heterocycles. The van der Waals surface area contributed by atoms with E-state index >= 15 is 0 Å². The first-order valence-corrected chi connectivity index (χ1v) is 6.32. The van der Waals surface area contributed by atoms with E-state index in [1.807, 2.05) is 12.1 Å². The van der Waals surface area contributed by atoms with Crippen molar-refractivity contribution in [2.75, 3.05) is 6.54 Å². The van der Waals surface area contributed by atoms with Crippen molar-refractivity contribution in [3.8, 4) is 11.3 Å². The van der Waals surface area contributed by atoms with Crippen molar-refractivity contribution in [2.24, 2.45) is 0 Å². The van der Waals surface area contributed by atoms with E-state index in [4.69, 9.17) is 11.6 Å². The molecule has 0 radical (unpaired) electrons. The molecule has 0 fully saturated rings. The molecular formula is C14H15ClN2. The third kappa shape index (κ3) is 1.88. The molecule has 2 heterocycles. The fourth-order valence-corrected chi connectivity index (χ4v) is 2.61. The van der Waals surface area contributed by atoms with Crippen LogP contribution in [-0.2, 0) is 6.54 Å². The molecule has 3 heteroatoms. The Morgan fingerprint density at radius 2 is 1.94 bits per heavy atom. The molecule has 0 amide bonds. The average molecular weight is 247 g/mol. The van der Waals surface area contributed by atoms with E-state index < -0.39 is 0 Å². The van der Waals surface area contributed by atoms with E-state index in [9.17, 15) is 0 Å². The number of nitrogens with zero attached hydrogens (tertiary/aromatic N) is 1. The predicted molar refractivity (Wildman–Crippen MR) is 71.3 cm³/mol. The van der Waals surface area contributed by atoms with Gasteiger partial charge in [0.2, 0.25) is 0 Å². The largest absolute Gasteiger partial charge is 0.342 e. The molecule has 1 aromatic carbocycles. The Morgan fingerprint density at radius 3 is 2.71 bits per heavy atom. The number of nitrogens with one attached hydrogen (secondary N) is 1. The molecule has 2 aromatic rings. The lowest BCUT2D eigenvalue weighted by Gasteiger charge is -2.25. The molecule has 1 aliphatic rings. The third-order valence-electron chi connectivity index (χ3n) is 3.38. The van der Waals surface area contributed by atoms with Gasteiger partial charge in [-0.1, -0.05) is 23.7 Å². The summed E-state index contributed by atoms with van der Waals surface area (Å²) >= 11 is 5.92. The van der Waals surface area contributed by atoms with Gasteiger partial charge in [-0.15, -0.1) is 0 Å². The summed E-state index contributed by atoms with van der Waals surface area (Å²) in [4.78, 5) is 0. The molecule has 1 aliphatic heterocycles. The SMILES string of the molecule is CC1NCCn2c(-c3ccc(Cl)cc3)ccc21. The number of benzene rings is 1. The number of halogens is 1. The summed E-state index contributed by atoms with van der Waals surface area (Å²) in [7, 11) is 0. The van der Waals surface area contributed by atoms with Gasteiger partial charge < -0.3 is 9.88 Å². The minimum absolute atomic E-state index is 0.435. The molecule has 0 saturated carbocycles. The summed E-state index contributed by atoms with van der Waals surface area (Å²) in [5.74, 6) is 0. The molecule has 88 valence electrons. The van der Waals surface area contributed by atoms with Gasteiger partial charge in [-0.3, -0.25) is 0 Å². The smallest absolute Gasteiger partial charge is 0.0483 e. The van der Waals surface area contributed by atoms with Gasteiger partial charge in [-0.2, -0.15) is 0 Å². The first kappa shape index (κ1) is 10.9. The van der Waals surface area contributed by atoms with E-state index in [0.29, 0.717) is 6.04 Å². The van der Waals surface area contributed by atoms with Crippen LogP contribution in [0.3, 0.4) is 0 Å². The lowest BCUT2D eigenvalue weighted by molar-refractivity contribution is 0.451. The van der Waals surface area contributed by atoms with Gasteiger partial charge >= 0.3 is 0 Å². The molecule has 3 rings (SSSR count). The summed E-state index contributed by atoms with van der Waals surface area (Å²) in [5, 5.41) is 4.26. The fourth-order valence-electron chi connectivity index (χ4n) is 2.48. The highest BCUT2D eigenvalue weighted by atomic mass is 35.5. The van der Waals surface area contributed by atoms with Gasteiger partial charge in [-0.25, -0.2) is 0 Å². The topological polar surface area (TPSA) is 17.0 Å². The van der Waals surface area contributed by atoms with Crippen LogP contribution in [0.25, 0.3) is 11.3 Å². The predicted octanol–water partition coefficient (Wildman–Crippen LogP) is 3.47. The Kier molecular flexibility index (Phi) is 2.69. The minimum Gasteiger partial charge on any atom is -0.342 e. The number of hydrogen-bond donors (Lipinski definition) is 1. The van der Waals surface area contributed by atoms with Crippen molar-refractivity contribution in [3.05, 3.63) is 47.1 Å². The second-order valence-corrected chi connectivity index (χ2v) is 4.91. The van der Waals surface area contributed by atoms with Crippen LogP contribution in [-0.4, -0.2) is 11.1 Å². The van der Waals surface area contributed by atoms with Crippen molar-refractivity contribution < 1.29 is 0 Å². The van der Waals surface area contributed by atoms with Gasteiger partial charge in [-0.05, 0) is 36.8 Å². The maximum Gasteiger partial charge on any atom is 0.0483 e. The summed E-state index contributed by atoms with van der Waals surface area (Å²) < 4.78 is 2.39. The van der Waals surface area contributed by atoms with Crippen LogP contribution in [0.2, 0.25) is 5.02 Å². The van der Waals surface area contributed by atoms with E-state index in [2.05, 4.69) is 41.1 Å². The quantitative estimate of drug-likeness (QED) is 0.815. The molecule has 1 N–H and O–H groups in total. The summed E-state index contributed by atoms with van der Waals surface area (Å²) in [6, 6.07) is 12.9. The van der Waals surface area contributed by atoms with Gasteiger partial charge in [0, 0.05) is 35.5 Å². The standard InChI is InChI=1S/C14H15ClN2/c1-10-13-6-7-14(17(13)9-8-16-10)11-2-4-12(15)5-3-11/h2-7,10,16H,8-9H2,1H3. The first-order chi connectivity index (χ1) is 8.25. The number of rotatable bonds is 1. The average Bonchev–Trinajstić information content (AvgIpc) is 2.75. The monoisotopic (exact) mass is 246 g/mol. The van der Waals surface area contributed by atoms with Crippen LogP contribution in [0.5, 0.6) is 0 Å². The molecule has 0 aliphatic carbocycles. The number of aromatic nitrogens is 1. The Bertz CT molecular complexity index is 528. The highest BCUT2D eigenvalue weighted by Crippen LogP contribution is 2.28. The molecule has 0 bridgehead atoms. The van der Waals surface area contributed by atoms with Gasteiger partial charge in [0.05, 0.1) is 0 Å². The van der Waals surface area contributed by atoms with Crippen molar-refractivity contribution in [3.63, 3.8) is 0 Å². The molecule has 0 spiro atoms. The normalized spacial score (nSPS) is 19.1. The Morgan fingerprint density at radius 1 is 1.18 bits per heavy atom.